The molecule has 0 aliphatic heterocycles. The molecule has 1 fully saturated rings. The zero-order valence-electron chi connectivity index (χ0n) is 11.2. The predicted octanol–water partition coefficient (Wildman–Crippen LogP) is 2.33. The molecule has 0 spiro atoms. The Hall–Kier alpha value is -1.57. The third-order valence-electron chi connectivity index (χ3n) is 3.96. The van der Waals surface area contributed by atoms with Gasteiger partial charge < -0.3 is 15.1 Å². The van der Waals surface area contributed by atoms with Gasteiger partial charge in [0, 0.05) is 12.7 Å². The topological polar surface area (TPSA) is 67.5 Å². The molecule has 1 aromatic rings. The molecule has 0 heterocycles. The number of rotatable bonds is 4. The Morgan fingerprint density at radius 1 is 1.42 bits per heavy atom. The summed E-state index contributed by atoms with van der Waals surface area (Å²) >= 11 is 0. The van der Waals surface area contributed by atoms with E-state index >= 15 is 0 Å². The minimum absolute atomic E-state index is 0.0808. The fourth-order valence-electron chi connectivity index (χ4n) is 2.66. The van der Waals surface area contributed by atoms with Gasteiger partial charge in [-0.2, -0.15) is 5.26 Å². The van der Waals surface area contributed by atoms with Crippen molar-refractivity contribution in [2.45, 2.75) is 43.9 Å². The van der Waals surface area contributed by atoms with Crippen LogP contribution < -0.4 is 4.90 Å². The van der Waals surface area contributed by atoms with Gasteiger partial charge in [-0.05, 0) is 43.4 Å². The molecule has 1 unspecified atom stereocenters. The summed E-state index contributed by atoms with van der Waals surface area (Å²) in [5.74, 6) is 0. The summed E-state index contributed by atoms with van der Waals surface area (Å²) in [6, 6.07) is 9.38. The van der Waals surface area contributed by atoms with Crippen molar-refractivity contribution in [3.05, 3.63) is 29.8 Å². The third kappa shape index (κ3) is 2.89. The molecule has 0 aromatic heterocycles. The highest BCUT2D eigenvalue weighted by molar-refractivity contribution is 5.50. The first-order chi connectivity index (χ1) is 9.07. The number of hydrogen-bond acceptors (Lipinski definition) is 4. The molecular formula is C15H20N2O2. The fraction of sp³-hybridized carbons (Fsp3) is 0.533. The summed E-state index contributed by atoms with van der Waals surface area (Å²) in [6.45, 7) is 0. The quantitative estimate of drug-likeness (QED) is 0.815. The van der Waals surface area contributed by atoms with Gasteiger partial charge in [0.2, 0.25) is 0 Å². The molecule has 19 heavy (non-hydrogen) atoms. The first-order valence-electron chi connectivity index (χ1n) is 6.68. The van der Waals surface area contributed by atoms with Crippen molar-refractivity contribution in [2.75, 3.05) is 11.9 Å². The van der Waals surface area contributed by atoms with Crippen LogP contribution in [0.4, 0.5) is 5.69 Å². The van der Waals surface area contributed by atoms with Gasteiger partial charge in [-0.3, -0.25) is 0 Å². The minimum Gasteiger partial charge on any atom is -0.387 e. The number of nitrogens with zero attached hydrogens (tertiary/aromatic N) is 2. The average Bonchev–Trinajstić information content (AvgIpc) is 2.86. The first-order valence-corrected chi connectivity index (χ1v) is 6.68. The molecule has 1 aromatic carbocycles. The lowest BCUT2D eigenvalue weighted by Crippen LogP contribution is -2.44. The Bertz CT molecular complexity index is 475. The standard InChI is InChI=1S/C15H20N2O2/c1-17(15(19)8-2-3-9-15)13-6-4-5-12(11-13)14(18)7-10-16/h4-6,11,14,18-19H,2-3,7-9H2,1H3. The summed E-state index contributed by atoms with van der Waals surface area (Å²) in [5, 5.41) is 29.0. The Labute approximate surface area is 113 Å². The van der Waals surface area contributed by atoms with E-state index in [9.17, 15) is 10.2 Å². The maximum absolute atomic E-state index is 10.6. The van der Waals surface area contributed by atoms with Crippen LogP contribution in [0.25, 0.3) is 0 Å². The fourth-order valence-corrected chi connectivity index (χ4v) is 2.66. The van der Waals surface area contributed by atoms with Crippen LogP contribution in [-0.4, -0.2) is 23.0 Å². The maximum Gasteiger partial charge on any atom is 0.137 e. The van der Waals surface area contributed by atoms with Crippen LogP contribution in [0.15, 0.2) is 24.3 Å². The smallest absolute Gasteiger partial charge is 0.137 e. The van der Waals surface area contributed by atoms with Gasteiger partial charge in [0.1, 0.15) is 5.72 Å². The second kappa shape index (κ2) is 5.60. The van der Waals surface area contributed by atoms with Gasteiger partial charge in [-0.15, -0.1) is 0 Å². The Morgan fingerprint density at radius 2 is 2.11 bits per heavy atom. The molecule has 102 valence electrons. The predicted molar refractivity (Wildman–Crippen MR) is 73.5 cm³/mol. The zero-order valence-corrected chi connectivity index (χ0v) is 11.2. The van der Waals surface area contributed by atoms with E-state index in [2.05, 4.69) is 0 Å². The van der Waals surface area contributed by atoms with E-state index in [-0.39, 0.29) is 6.42 Å². The van der Waals surface area contributed by atoms with E-state index in [1.807, 2.05) is 36.2 Å². The number of aliphatic hydroxyl groups excluding tert-OH is 1. The van der Waals surface area contributed by atoms with Crippen LogP contribution in [0.2, 0.25) is 0 Å². The Kier molecular flexibility index (Phi) is 4.08. The van der Waals surface area contributed by atoms with Crippen molar-refractivity contribution in [3.8, 4) is 6.07 Å². The Morgan fingerprint density at radius 3 is 2.74 bits per heavy atom. The van der Waals surface area contributed by atoms with Crippen LogP contribution in [-0.2, 0) is 0 Å². The SMILES string of the molecule is CN(c1cccc(C(O)CC#N)c1)C1(O)CCCC1. The molecule has 0 amide bonds. The molecule has 4 heteroatoms. The lowest BCUT2D eigenvalue weighted by molar-refractivity contribution is 0.0489. The molecule has 0 radical (unpaired) electrons. The normalized spacial score (nSPS) is 18.8. The molecular weight excluding hydrogens is 240 g/mol. The molecule has 0 bridgehead atoms. The van der Waals surface area contributed by atoms with Crippen molar-refractivity contribution in [1.29, 1.82) is 5.26 Å². The molecule has 2 rings (SSSR count). The largest absolute Gasteiger partial charge is 0.387 e. The highest BCUT2D eigenvalue weighted by Crippen LogP contribution is 2.35. The molecule has 1 atom stereocenters. The molecule has 1 aliphatic rings. The molecule has 0 saturated heterocycles. The van der Waals surface area contributed by atoms with Crippen molar-refractivity contribution >= 4 is 5.69 Å². The summed E-state index contributed by atoms with van der Waals surface area (Å²) in [7, 11) is 1.88. The highest BCUT2D eigenvalue weighted by Gasteiger charge is 2.35. The van der Waals surface area contributed by atoms with Crippen molar-refractivity contribution in [3.63, 3.8) is 0 Å². The van der Waals surface area contributed by atoms with E-state index < -0.39 is 11.8 Å². The van der Waals surface area contributed by atoms with E-state index in [0.717, 1.165) is 31.4 Å². The monoisotopic (exact) mass is 260 g/mol. The van der Waals surface area contributed by atoms with Crippen molar-refractivity contribution in [1.82, 2.24) is 0 Å². The number of aliphatic hydroxyl groups is 2. The maximum atomic E-state index is 10.6. The summed E-state index contributed by atoms with van der Waals surface area (Å²) in [4.78, 5) is 1.88. The second-order valence-corrected chi connectivity index (χ2v) is 5.22. The zero-order chi connectivity index (χ0) is 13.9. The lowest BCUT2D eigenvalue weighted by Gasteiger charge is -2.36. The highest BCUT2D eigenvalue weighted by atomic mass is 16.3. The molecule has 1 saturated carbocycles. The van der Waals surface area contributed by atoms with Crippen molar-refractivity contribution < 1.29 is 10.2 Å². The van der Waals surface area contributed by atoms with Gasteiger partial charge >= 0.3 is 0 Å². The van der Waals surface area contributed by atoms with E-state index in [1.165, 1.54) is 0 Å². The summed E-state index contributed by atoms with van der Waals surface area (Å²) < 4.78 is 0. The lowest BCUT2D eigenvalue weighted by atomic mass is 10.0. The van der Waals surface area contributed by atoms with E-state index in [0.29, 0.717) is 5.56 Å². The van der Waals surface area contributed by atoms with Gasteiger partial charge in [-0.25, -0.2) is 0 Å². The number of nitriles is 1. The van der Waals surface area contributed by atoms with Crippen LogP contribution >= 0.6 is 0 Å². The molecule has 2 N–H and O–H groups in total. The summed E-state index contributed by atoms with van der Waals surface area (Å²) in [5.41, 5.74) is 0.810. The van der Waals surface area contributed by atoms with Gasteiger partial charge in [0.25, 0.3) is 0 Å². The van der Waals surface area contributed by atoms with E-state index in [1.54, 1.807) is 6.07 Å². The second-order valence-electron chi connectivity index (χ2n) is 5.22. The first kappa shape index (κ1) is 13.9. The van der Waals surface area contributed by atoms with E-state index in [4.69, 9.17) is 5.26 Å². The van der Waals surface area contributed by atoms with Crippen LogP contribution in [0.5, 0.6) is 0 Å². The number of hydrogen-bond donors (Lipinski definition) is 2. The van der Waals surface area contributed by atoms with Crippen molar-refractivity contribution in [2.24, 2.45) is 0 Å². The van der Waals surface area contributed by atoms with Gasteiger partial charge in [-0.1, -0.05) is 12.1 Å². The molecule has 4 nitrogen and oxygen atoms in total. The van der Waals surface area contributed by atoms with Crippen LogP contribution in [0, 0.1) is 11.3 Å². The van der Waals surface area contributed by atoms with Crippen LogP contribution in [0.1, 0.15) is 43.8 Å². The third-order valence-corrected chi connectivity index (χ3v) is 3.96. The average molecular weight is 260 g/mol. The van der Waals surface area contributed by atoms with Gasteiger partial charge in [0.15, 0.2) is 0 Å². The van der Waals surface area contributed by atoms with Crippen LogP contribution in [0.3, 0.4) is 0 Å². The molecule has 1 aliphatic carbocycles. The Balaban J connectivity index is 2.21. The number of benzene rings is 1. The summed E-state index contributed by atoms with van der Waals surface area (Å²) in [6.07, 6.45) is 2.94. The number of anilines is 1. The van der Waals surface area contributed by atoms with Gasteiger partial charge in [0.05, 0.1) is 18.6 Å². The minimum atomic E-state index is -0.779.